The van der Waals surface area contributed by atoms with Crippen LogP contribution in [0, 0.1) is 5.92 Å². The van der Waals surface area contributed by atoms with E-state index in [-0.39, 0.29) is 18.0 Å². The van der Waals surface area contributed by atoms with Gasteiger partial charge in [-0.2, -0.15) is 0 Å². The first kappa shape index (κ1) is 13.1. The number of ether oxygens (including phenoxy) is 1. The second-order valence-corrected chi connectivity index (χ2v) is 5.34. The average molecular weight is 248 g/mol. The van der Waals surface area contributed by atoms with Crippen molar-refractivity contribution >= 4 is 5.97 Å². The molecule has 1 N–H and O–H groups in total. The molecule has 0 aromatic rings. The number of hydrogen-bond donors (Lipinski definition) is 1. The first-order valence-electron chi connectivity index (χ1n) is 6.40. The molecule has 1 saturated heterocycles. The SMILES string of the molecule is C=C1C(=O)O[C@@H]2/C=C(\C)C[C@H](O)/C=C(\C)CC[C@@H]12. The molecule has 2 aliphatic rings. The van der Waals surface area contributed by atoms with Crippen LogP contribution in [0.15, 0.2) is 35.5 Å². The minimum atomic E-state index is -0.446. The first-order chi connectivity index (χ1) is 8.47. The van der Waals surface area contributed by atoms with Gasteiger partial charge in [-0.05, 0) is 39.2 Å². The van der Waals surface area contributed by atoms with Crippen molar-refractivity contribution in [1.29, 1.82) is 0 Å². The molecule has 0 unspecified atom stereocenters. The smallest absolute Gasteiger partial charge is 0.334 e. The molecule has 98 valence electrons. The van der Waals surface area contributed by atoms with Crippen LogP contribution in [0.3, 0.4) is 0 Å². The van der Waals surface area contributed by atoms with E-state index in [0.29, 0.717) is 12.0 Å². The van der Waals surface area contributed by atoms with Crippen LogP contribution in [0.25, 0.3) is 0 Å². The van der Waals surface area contributed by atoms with E-state index in [0.717, 1.165) is 24.0 Å². The fourth-order valence-corrected chi connectivity index (χ4v) is 2.65. The lowest BCUT2D eigenvalue weighted by Crippen LogP contribution is -2.17. The highest BCUT2D eigenvalue weighted by molar-refractivity contribution is 5.91. The Morgan fingerprint density at radius 3 is 2.78 bits per heavy atom. The Morgan fingerprint density at radius 1 is 1.33 bits per heavy atom. The molecule has 2 rings (SSSR count). The number of rotatable bonds is 0. The maximum Gasteiger partial charge on any atom is 0.334 e. The van der Waals surface area contributed by atoms with Crippen LogP contribution in [-0.2, 0) is 9.53 Å². The summed E-state index contributed by atoms with van der Waals surface area (Å²) in [5, 5.41) is 9.87. The van der Waals surface area contributed by atoms with Crippen molar-refractivity contribution in [2.45, 2.75) is 45.3 Å². The van der Waals surface area contributed by atoms with Gasteiger partial charge in [0.1, 0.15) is 6.10 Å². The van der Waals surface area contributed by atoms with Gasteiger partial charge in [0.05, 0.1) is 6.10 Å². The van der Waals surface area contributed by atoms with E-state index in [9.17, 15) is 9.90 Å². The van der Waals surface area contributed by atoms with Gasteiger partial charge in [-0.3, -0.25) is 0 Å². The minimum Gasteiger partial charge on any atom is -0.454 e. The highest BCUT2D eigenvalue weighted by Gasteiger charge is 2.37. The summed E-state index contributed by atoms with van der Waals surface area (Å²) < 4.78 is 5.33. The monoisotopic (exact) mass is 248 g/mol. The predicted octanol–water partition coefficient (Wildman–Crippen LogP) is 2.52. The summed E-state index contributed by atoms with van der Waals surface area (Å²) in [7, 11) is 0. The van der Waals surface area contributed by atoms with Gasteiger partial charge in [0.15, 0.2) is 0 Å². The molecular formula is C15H20O3. The van der Waals surface area contributed by atoms with Gasteiger partial charge in [0.25, 0.3) is 0 Å². The first-order valence-corrected chi connectivity index (χ1v) is 6.40. The number of aliphatic hydroxyl groups is 1. The normalized spacial score (nSPS) is 39.2. The molecule has 1 fully saturated rings. The molecule has 1 aliphatic carbocycles. The summed E-state index contributed by atoms with van der Waals surface area (Å²) >= 11 is 0. The van der Waals surface area contributed by atoms with Gasteiger partial charge in [-0.25, -0.2) is 4.79 Å². The molecular weight excluding hydrogens is 228 g/mol. The molecule has 3 nitrogen and oxygen atoms in total. The Morgan fingerprint density at radius 2 is 2.06 bits per heavy atom. The molecule has 0 amide bonds. The van der Waals surface area contributed by atoms with Crippen LogP contribution < -0.4 is 0 Å². The topological polar surface area (TPSA) is 46.5 Å². The van der Waals surface area contributed by atoms with E-state index < -0.39 is 6.10 Å². The van der Waals surface area contributed by atoms with Crippen molar-refractivity contribution in [3.05, 3.63) is 35.5 Å². The highest BCUT2D eigenvalue weighted by atomic mass is 16.5. The molecule has 18 heavy (non-hydrogen) atoms. The third-order valence-corrected chi connectivity index (χ3v) is 3.66. The van der Waals surface area contributed by atoms with Gasteiger partial charge in [-0.1, -0.05) is 23.8 Å². The summed E-state index contributed by atoms with van der Waals surface area (Å²) in [6.45, 7) is 7.81. The standard InChI is InChI=1S/C15H20O3/c1-9-4-5-13-11(3)15(17)18-14(13)8-10(2)7-12(16)6-9/h6,8,12-14,16H,3-5,7H2,1-2H3/b9-6+,10-8+/t12-,13+,14-/m1/s1. The molecule has 3 heteroatoms. The number of esters is 1. The number of carbonyl (C=O) groups excluding carboxylic acids is 1. The van der Waals surface area contributed by atoms with Crippen LogP contribution >= 0.6 is 0 Å². The van der Waals surface area contributed by atoms with E-state index in [1.165, 1.54) is 0 Å². The molecule has 0 bridgehead atoms. The van der Waals surface area contributed by atoms with E-state index in [2.05, 4.69) is 6.58 Å². The lowest BCUT2D eigenvalue weighted by molar-refractivity contribution is -0.137. The molecule has 0 radical (unpaired) electrons. The molecule has 3 atom stereocenters. The summed E-state index contributed by atoms with van der Waals surface area (Å²) in [4.78, 5) is 11.6. The molecule has 1 heterocycles. The molecule has 0 spiro atoms. The third kappa shape index (κ3) is 2.72. The van der Waals surface area contributed by atoms with Crippen LogP contribution in [0.1, 0.15) is 33.1 Å². The Bertz CT molecular complexity index is 431. The Kier molecular flexibility index (Phi) is 3.71. The maximum atomic E-state index is 11.6. The number of fused-ring (bicyclic) bond motifs is 1. The third-order valence-electron chi connectivity index (χ3n) is 3.66. The van der Waals surface area contributed by atoms with Crippen molar-refractivity contribution < 1.29 is 14.6 Å². The summed E-state index contributed by atoms with van der Waals surface area (Å²) in [6, 6.07) is 0. The van der Waals surface area contributed by atoms with Crippen molar-refractivity contribution in [2.24, 2.45) is 5.92 Å². The highest BCUT2D eigenvalue weighted by Crippen LogP contribution is 2.34. The zero-order valence-corrected chi connectivity index (χ0v) is 11.0. The lowest BCUT2D eigenvalue weighted by atomic mass is 9.88. The summed E-state index contributed by atoms with van der Waals surface area (Å²) in [5.41, 5.74) is 2.78. The quantitative estimate of drug-likeness (QED) is 0.407. The largest absolute Gasteiger partial charge is 0.454 e. The predicted molar refractivity (Wildman–Crippen MR) is 69.9 cm³/mol. The lowest BCUT2D eigenvalue weighted by Gasteiger charge is -2.18. The van der Waals surface area contributed by atoms with Crippen molar-refractivity contribution in [3.63, 3.8) is 0 Å². The molecule has 0 aromatic heterocycles. The van der Waals surface area contributed by atoms with Crippen molar-refractivity contribution in [1.82, 2.24) is 0 Å². The summed E-state index contributed by atoms with van der Waals surface area (Å²) in [5.74, 6) is -0.207. The minimum absolute atomic E-state index is 0.0750. The summed E-state index contributed by atoms with van der Waals surface area (Å²) in [6.07, 6.45) is 5.50. The van der Waals surface area contributed by atoms with E-state index in [1.807, 2.05) is 26.0 Å². The fourth-order valence-electron chi connectivity index (χ4n) is 2.65. The van der Waals surface area contributed by atoms with Crippen molar-refractivity contribution in [2.75, 3.05) is 0 Å². The van der Waals surface area contributed by atoms with Crippen LogP contribution in [0.2, 0.25) is 0 Å². The van der Waals surface area contributed by atoms with E-state index in [4.69, 9.17) is 4.74 Å². The molecule has 0 aromatic carbocycles. The number of carbonyl (C=O) groups is 1. The van der Waals surface area contributed by atoms with E-state index >= 15 is 0 Å². The van der Waals surface area contributed by atoms with Gasteiger partial charge in [0.2, 0.25) is 0 Å². The second kappa shape index (κ2) is 5.11. The van der Waals surface area contributed by atoms with Gasteiger partial charge in [-0.15, -0.1) is 0 Å². The maximum absolute atomic E-state index is 11.6. The van der Waals surface area contributed by atoms with Gasteiger partial charge < -0.3 is 9.84 Å². The van der Waals surface area contributed by atoms with Crippen molar-refractivity contribution in [3.8, 4) is 0 Å². The number of allylic oxidation sites excluding steroid dienone is 1. The Labute approximate surface area is 108 Å². The van der Waals surface area contributed by atoms with Gasteiger partial charge in [0, 0.05) is 11.5 Å². The second-order valence-electron chi connectivity index (χ2n) is 5.34. The Balaban J connectivity index is 2.27. The number of aliphatic hydroxyl groups excluding tert-OH is 1. The van der Waals surface area contributed by atoms with E-state index in [1.54, 1.807) is 0 Å². The van der Waals surface area contributed by atoms with Crippen LogP contribution in [0.4, 0.5) is 0 Å². The molecule has 1 aliphatic heterocycles. The number of hydrogen-bond acceptors (Lipinski definition) is 3. The molecule has 0 saturated carbocycles. The fraction of sp³-hybridized carbons (Fsp3) is 0.533. The zero-order valence-electron chi connectivity index (χ0n) is 11.0. The van der Waals surface area contributed by atoms with Crippen LogP contribution in [-0.4, -0.2) is 23.3 Å². The zero-order chi connectivity index (χ0) is 13.3. The average Bonchev–Trinajstić information content (AvgIpc) is 2.51. The van der Waals surface area contributed by atoms with Gasteiger partial charge >= 0.3 is 5.97 Å². The van der Waals surface area contributed by atoms with Crippen LogP contribution in [0.5, 0.6) is 0 Å². The Hall–Kier alpha value is -1.35.